The Hall–Kier alpha value is -1.61. The van der Waals surface area contributed by atoms with E-state index in [1.165, 1.54) is 5.69 Å². The molecule has 0 saturated heterocycles. The molecule has 0 amide bonds. The zero-order valence-electron chi connectivity index (χ0n) is 16.7. The summed E-state index contributed by atoms with van der Waals surface area (Å²) in [6.07, 6.45) is 0.944. The van der Waals surface area contributed by atoms with E-state index in [9.17, 15) is 0 Å². The Morgan fingerprint density at radius 1 is 1.22 bits per heavy atom. The lowest BCUT2D eigenvalue weighted by Gasteiger charge is -2.16. The van der Waals surface area contributed by atoms with Crippen molar-refractivity contribution in [2.75, 3.05) is 26.7 Å². The summed E-state index contributed by atoms with van der Waals surface area (Å²) < 4.78 is 7.64. The molecular formula is C20H32IN5O. The third-order valence-corrected chi connectivity index (χ3v) is 4.16. The van der Waals surface area contributed by atoms with E-state index in [1.807, 2.05) is 25.1 Å². The summed E-state index contributed by atoms with van der Waals surface area (Å²) >= 11 is 0. The molecule has 1 unspecified atom stereocenters. The van der Waals surface area contributed by atoms with Gasteiger partial charge < -0.3 is 15.4 Å². The molecule has 0 aliphatic rings. The van der Waals surface area contributed by atoms with Crippen molar-refractivity contribution in [3.05, 3.63) is 53.3 Å². The summed E-state index contributed by atoms with van der Waals surface area (Å²) in [6.45, 7) is 9.33. The summed E-state index contributed by atoms with van der Waals surface area (Å²) in [7, 11) is 1.72. The van der Waals surface area contributed by atoms with Crippen molar-refractivity contribution in [3.8, 4) is 0 Å². The van der Waals surface area contributed by atoms with E-state index in [1.54, 1.807) is 7.11 Å². The first-order chi connectivity index (χ1) is 12.6. The number of halogens is 1. The van der Waals surface area contributed by atoms with Crippen molar-refractivity contribution in [2.24, 2.45) is 4.99 Å². The minimum absolute atomic E-state index is 0. The number of ether oxygens (including phenoxy) is 1. The number of nitrogens with one attached hydrogen (secondary N) is 2. The smallest absolute Gasteiger partial charge is 0.191 e. The van der Waals surface area contributed by atoms with Gasteiger partial charge in [0.1, 0.15) is 6.10 Å². The third-order valence-electron chi connectivity index (χ3n) is 4.16. The first-order valence-electron chi connectivity index (χ1n) is 9.25. The quantitative estimate of drug-likeness (QED) is 0.247. The van der Waals surface area contributed by atoms with Crippen LogP contribution in [0.5, 0.6) is 0 Å². The van der Waals surface area contributed by atoms with Gasteiger partial charge in [-0.25, -0.2) is 0 Å². The number of nitrogens with zero attached hydrogens (tertiary/aromatic N) is 3. The molecule has 0 spiro atoms. The molecule has 1 heterocycles. The van der Waals surface area contributed by atoms with Crippen LogP contribution >= 0.6 is 24.0 Å². The molecule has 1 aromatic carbocycles. The average molecular weight is 485 g/mol. The highest BCUT2D eigenvalue weighted by Gasteiger charge is 2.09. The van der Waals surface area contributed by atoms with Crippen molar-refractivity contribution in [2.45, 2.75) is 39.8 Å². The highest BCUT2D eigenvalue weighted by molar-refractivity contribution is 14.0. The van der Waals surface area contributed by atoms with Crippen LogP contribution in [0.15, 0.2) is 41.4 Å². The van der Waals surface area contributed by atoms with Crippen LogP contribution in [-0.4, -0.2) is 42.5 Å². The van der Waals surface area contributed by atoms with Gasteiger partial charge in [0.25, 0.3) is 0 Å². The van der Waals surface area contributed by atoms with E-state index >= 15 is 0 Å². The lowest BCUT2D eigenvalue weighted by molar-refractivity contribution is 0.111. The molecule has 0 aliphatic carbocycles. The van der Waals surface area contributed by atoms with Gasteiger partial charge in [0, 0.05) is 32.4 Å². The molecule has 2 N–H and O–H groups in total. The third kappa shape index (κ3) is 7.88. The van der Waals surface area contributed by atoms with Gasteiger partial charge in [-0.2, -0.15) is 5.10 Å². The van der Waals surface area contributed by atoms with Crippen molar-refractivity contribution in [1.29, 1.82) is 0 Å². The van der Waals surface area contributed by atoms with Crippen LogP contribution in [-0.2, 0) is 11.3 Å². The number of hydrogen-bond acceptors (Lipinski definition) is 3. The zero-order valence-corrected chi connectivity index (χ0v) is 19.1. The topological polar surface area (TPSA) is 63.5 Å². The molecule has 0 fully saturated rings. The molecule has 27 heavy (non-hydrogen) atoms. The number of aryl methyl sites for hydroxylation is 3. The number of aromatic nitrogens is 2. The van der Waals surface area contributed by atoms with Crippen molar-refractivity contribution in [1.82, 2.24) is 20.4 Å². The van der Waals surface area contributed by atoms with E-state index in [-0.39, 0.29) is 30.1 Å². The van der Waals surface area contributed by atoms with Crippen LogP contribution in [0.3, 0.4) is 0 Å². The standard InChI is InChI=1S/C20H31N5O.HI/c1-5-21-20(22-12-9-13-25-17(3)14-16(2)24-25)23-15-19(26-4)18-10-7-6-8-11-18;/h6-8,10-11,14,19H,5,9,12-13,15H2,1-4H3,(H2,21,22,23);1H. The lowest BCUT2D eigenvalue weighted by Crippen LogP contribution is -2.38. The van der Waals surface area contributed by atoms with Gasteiger partial charge in [-0.3, -0.25) is 9.67 Å². The van der Waals surface area contributed by atoms with Crippen LogP contribution in [0.2, 0.25) is 0 Å². The minimum Gasteiger partial charge on any atom is -0.375 e. The highest BCUT2D eigenvalue weighted by atomic mass is 127. The van der Waals surface area contributed by atoms with Gasteiger partial charge in [-0.05, 0) is 38.8 Å². The molecule has 7 heteroatoms. The fourth-order valence-corrected chi connectivity index (χ4v) is 2.84. The Kier molecular flexibility index (Phi) is 11.0. The molecule has 0 bridgehead atoms. The normalized spacial score (nSPS) is 12.4. The Bertz CT molecular complexity index is 687. The lowest BCUT2D eigenvalue weighted by atomic mass is 10.1. The minimum atomic E-state index is -0.0404. The van der Waals surface area contributed by atoms with Gasteiger partial charge >= 0.3 is 0 Å². The number of guanidine groups is 1. The molecule has 0 radical (unpaired) electrons. The van der Waals surface area contributed by atoms with Crippen LogP contribution in [0.1, 0.15) is 36.4 Å². The van der Waals surface area contributed by atoms with Gasteiger partial charge in [0.05, 0.1) is 12.2 Å². The summed E-state index contributed by atoms with van der Waals surface area (Å²) in [5.74, 6) is 0.818. The monoisotopic (exact) mass is 485 g/mol. The number of methoxy groups -OCH3 is 1. The SMILES string of the molecule is CCNC(=NCC(OC)c1ccccc1)NCCCn1nc(C)cc1C.I. The summed E-state index contributed by atoms with van der Waals surface area (Å²) in [6, 6.07) is 12.3. The van der Waals surface area contributed by atoms with E-state index in [0.29, 0.717) is 6.54 Å². The molecule has 1 atom stereocenters. The van der Waals surface area contributed by atoms with Gasteiger partial charge in [-0.1, -0.05) is 30.3 Å². The Labute approximate surface area is 179 Å². The molecule has 0 saturated carbocycles. The first kappa shape index (κ1) is 23.4. The highest BCUT2D eigenvalue weighted by Crippen LogP contribution is 2.16. The van der Waals surface area contributed by atoms with Gasteiger partial charge in [0.15, 0.2) is 5.96 Å². The van der Waals surface area contributed by atoms with Crippen LogP contribution in [0.25, 0.3) is 0 Å². The van der Waals surface area contributed by atoms with Gasteiger partial charge in [0.2, 0.25) is 0 Å². The second kappa shape index (κ2) is 12.7. The molecule has 0 aliphatic heterocycles. The Morgan fingerprint density at radius 3 is 2.56 bits per heavy atom. The van der Waals surface area contributed by atoms with E-state index in [0.717, 1.165) is 43.3 Å². The predicted molar refractivity (Wildman–Crippen MR) is 122 cm³/mol. The molecule has 2 aromatic rings. The largest absolute Gasteiger partial charge is 0.375 e. The fraction of sp³-hybridized carbons (Fsp3) is 0.500. The van der Waals surface area contributed by atoms with E-state index < -0.39 is 0 Å². The number of hydrogen-bond donors (Lipinski definition) is 2. The molecule has 2 rings (SSSR count). The van der Waals surface area contributed by atoms with Crippen molar-refractivity contribution in [3.63, 3.8) is 0 Å². The van der Waals surface area contributed by atoms with E-state index in [4.69, 9.17) is 4.74 Å². The van der Waals surface area contributed by atoms with Crippen LogP contribution in [0.4, 0.5) is 0 Å². The van der Waals surface area contributed by atoms with Crippen molar-refractivity contribution >= 4 is 29.9 Å². The maximum absolute atomic E-state index is 5.59. The first-order valence-corrected chi connectivity index (χ1v) is 9.25. The second-order valence-corrected chi connectivity index (χ2v) is 6.29. The molecule has 1 aromatic heterocycles. The van der Waals surface area contributed by atoms with Crippen LogP contribution in [0, 0.1) is 13.8 Å². The summed E-state index contributed by atoms with van der Waals surface area (Å²) in [5, 5.41) is 11.2. The summed E-state index contributed by atoms with van der Waals surface area (Å²) in [4.78, 5) is 4.67. The Balaban J connectivity index is 0.00000364. The Morgan fingerprint density at radius 2 is 1.96 bits per heavy atom. The van der Waals surface area contributed by atoms with Crippen LogP contribution < -0.4 is 10.6 Å². The average Bonchev–Trinajstić information content (AvgIpc) is 2.97. The zero-order chi connectivity index (χ0) is 18.8. The summed E-state index contributed by atoms with van der Waals surface area (Å²) in [5.41, 5.74) is 3.41. The molecule has 150 valence electrons. The fourth-order valence-electron chi connectivity index (χ4n) is 2.84. The maximum Gasteiger partial charge on any atom is 0.191 e. The maximum atomic E-state index is 5.59. The second-order valence-electron chi connectivity index (χ2n) is 6.29. The molecular weight excluding hydrogens is 453 g/mol. The molecule has 6 nitrogen and oxygen atoms in total. The number of aliphatic imine (C=N–C) groups is 1. The number of rotatable bonds is 9. The predicted octanol–water partition coefficient (Wildman–Crippen LogP) is 3.45. The number of benzene rings is 1. The van der Waals surface area contributed by atoms with E-state index in [2.05, 4.69) is 57.5 Å². The van der Waals surface area contributed by atoms with Crippen molar-refractivity contribution < 1.29 is 4.74 Å². The van der Waals surface area contributed by atoms with Gasteiger partial charge in [-0.15, -0.1) is 24.0 Å².